The Bertz CT molecular complexity index is 967. The fraction of sp³-hybridized carbons (Fsp3) is 0.667. The summed E-state index contributed by atoms with van der Waals surface area (Å²) in [6.45, 7) is 8.65. The molecule has 0 radical (unpaired) electrons. The lowest BCUT2D eigenvalue weighted by molar-refractivity contribution is -0.0410. The highest BCUT2D eigenvalue weighted by molar-refractivity contribution is 5.26. The van der Waals surface area contributed by atoms with Crippen LogP contribution in [0.4, 0.5) is 4.39 Å². The second-order valence-corrected chi connectivity index (χ2v) is 9.65. The minimum atomic E-state index is -0.663. The molecule has 4 rings (SSSR count). The highest BCUT2D eigenvalue weighted by atomic mass is 19.1. The molecule has 2 bridgehead atoms. The molecule has 8 heteroatoms. The van der Waals surface area contributed by atoms with E-state index in [4.69, 9.17) is 4.74 Å². The van der Waals surface area contributed by atoms with E-state index in [9.17, 15) is 14.3 Å². The van der Waals surface area contributed by atoms with Gasteiger partial charge < -0.3 is 9.84 Å². The minimum absolute atomic E-state index is 0.0383. The maximum absolute atomic E-state index is 14.1. The maximum Gasteiger partial charge on any atom is 0.346 e. The third-order valence-electron chi connectivity index (χ3n) is 7.02. The molecule has 3 atom stereocenters. The van der Waals surface area contributed by atoms with Crippen LogP contribution < -0.4 is 5.69 Å². The molecule has 3 unspecified atom stereocenters. The van der Waals surface area contributed by atoms with E-state index in [1.54, 1.807) is 10.6 Å². The van der Waals surface area contributed by atoms with E-state index >= 15 is 0 Å². The Hall–Kier alpha value is -2.03. The van der Waals surface area contributed by atoms with Crippen molar-refractivity contribution in [3.05, 3.63) is 51.5 Å². The fourth-order valence-electron chi connectivity index (χ4n) is 5.45. The Labute approximate surface area is 188 Å². The topological polar surface area (TPSA) is 72.5 Å². The van der Waals surface area contributed by atoms with Gasteiger partial charge in [-0.2, -0.15) is 5.10 Å². The molecule has 2 aliphatic heterocycles. The predicted octanol–water partition coefficient (Wildman–Crippen LogP) is 2.95. The molecule has 2 fully saturated rings. The van der Waals surface area contributed by atoms with Gasteiger partial charge in [-0.3, -0.25) is 9.47 Å². The van der Waals surface area contributed by atoms with Crippen molar-refractivity contribution in [2.24, 2.45) is 0 Å². The van der Waals surface area contributed by atoms with Crippen molar-refractivity contribution in [1.82, 2.24) is 19.2 Å². The van der Waals surface area contributed by atoms with E-state index in [1.165, 1.54) is 10.7 Å². The molecule has 32 heavy (non-hydrogen) atoms. The van der Waals surface area contributed by atoms with Crippen LogP contribution in [0.25, 0.3) is 0 Å². The normalized spacial score (nSPS) is 24.4. The summed E-state index contributed by atoms with van der Waals surface area (Å²) in [6.07, 6.45) is 3.37. The molecular weight excluding hydrogens is 411 g/mol. The van der Waals surface area contributed by atoms with Crippen LogP contribution in [0.5, 0.6) is 0 Å². The second-order valence-electron chi connectivity index (χ2n) is 9.65. The lowest BCUT2D eigenvalue weighted by atomic mass is 9.99. The standard InChI is InChI=1S/C24H35FN4O3/c1-15(2)29-17(4)26-28(24(29)31)13-20(30)12-27-18-8-9-19(27)11-21(10-18)32-14-22-16(3)6-5-7-23(22)25/h5-7,15,18-21,30H,8-14H2,1-4H3. The van der Waals surface area contributed by atoms with Crippen LogP contribution >= 0.6 is 0 Å². The fourth-order valence-corrected chi connectivity index (χ4v) is 5.45. The number of halogens is 1. The Balaban J connectivity index is 1.33. The molecule has 0 saturated carbocycles. The Morgan fingerprint density at radius 3 is 2.47 bits per heavy atom. The van der Waals surface area contributed by atoms with Gasteiger partial charge in [-0.05, 0) is 65.0 Å². The van der Waals surface area contributed by atoms with Gasteiger partial charge in [0.2, 0.25) is 0 Å². The first kappa shape index (κ1) is 23.1. The summed E-state index contributed by atoms with van der Waals surface area (Å²) in [5, 5.41) is 15.1. The molecule has 1 aromatic heterocycles. The second kappa shape index (κ2) is 9.45. The largest absolute Gasteiger partial charge is 0.390 e. The Morgan fingerprint density at radius 2 is 1.88 bits per heavy atom. The molecule has 2 saturated heterocycles. The highest BCUT2D eigenvalue weighted by Crippen LogP contribution is 2.37. The van der Waals surface area contributed by atoms with Gasteiger partial charge >= 0.3 is 5.69 Å². The van der Waals surface area contributed by atoms with Crippen molar-refractivity contribution in [3.63, 3.8) is 0 Å². The van der Waals surface area contributed by atoms with Gasteiger partial charge in [-0.1, -0.05) is 12.1 Å². The molecule has 2 aromatic rings. The molecule has 2 aliphatic rings. The quantitative estimate of drug-likeness (QED) is 0.675. The van der Waals surface area contributed by atoms with Crippen LogP contribution in [-0.2, 0) is 17.9 Å². The third kappa shape index (κ3) is 4.67. The number of benzene rings is 1. The number of aliphatic hydroxyl groups excluding tert-OH is 1. The number of aromatic nitrogens is 3. The van der Waals surface area contributed by atoms with E-state index in [0.29, 0.717) is 36.6 Å². The van der Waals surface area contributed by atoms with Crippen LogP contribution in [0, 0.1) is 19.7 Å². The van der Waals surface area contributed by atoms with Crippen molar-refractivity contribution in [2.45, 2.75) is 96.9 Å². The lowest BCUT2D eigenvalue weighted by Gasteiger charge is -2.39. The average molecular weight is 447 g/mol. The number of hydrogen-bond donors (Lipinski definition) is 1. The van der Waals surface area contributed by atoms with Crippen LogP contribution in [0.2, 0.25) is 0 Å². The number of nitrogens with zero attached hydrogens (tertiary/aromatic N) is 4. The van der Waals surface area contributed by atoms with Gasteiger partial charge in [0.15, 0.2) is 0 Å². The van der Waals surface area contributed by atoms with Gasteiger partial charge in [0.25, 0.3) is 0 Å². The van der Waals surface area contributed by atoms with E-state index in [0.717, 1.165) is 31.2 Å². The number of fused-ring (bicyclic) bond motifs is 2. The van der Waals surface area contributed by atoms with E-state index in [1.807, 2.05) is 33.8 Å². The Morgan fingerprint density at radius 1 is 1.19 bits per heavy atom. The third-order valence-corrected chi connectivity index (χ3v) is 7.02. The summed E-state index contributed by atoms with van der Waals surface area (Å²) in [4.78, 5) is 14.9. The summed E-state index contributed by atoms with van der Waals surface area (Å²) >= 11 is 0. The summed E-state index contributed by atoms with van der Waals surface area (Å²) in [7, 11) is 0. The van der Waals surface area contributed by atoms with Crippen LogP contribution in [0.3, 0.4) is 0 Å². The first-order valence-electron chi connectivity index (χ1n) is 11.7. The monoisotopic (exact) mass is 446 g/mol. The van der Waals surface area contributed by atoms with E-state index < -0.39 is 6.10 Å². The van der Waals surface area contributed by atoms with Crippen molar-refractivity contribution in [1.29, 1.82) is 0 Å². The van der Waals surface area contributed by atoms with Gasteiger partial charge in [-0.25, -0.2) is 13.9 Å². The molecule has 1 aromatic carbocycles. The number of hydrogen-bond acceptors (Lipinski definition) is 5. The zero-order chi connectivity index (χ0) is 23.0. The van der Waals surface area contributed by atoms with Crippen molar-refractivity contribution in [2.75, 3.05) is 6.54 Å². The molecule has 3 heterocycles. The van der Waals surface area contributed by atoms with E-state index in [-0.39, 0.29) is 30.2 Å². The van der Waals surface area contributed by atoms with Crippen LogP contribution in [-0.4, -0.2) is 55.2 Å². The summed E-state index contributed by atoms with van der Waals surface area (Å²) in [5.74, 6) is 0.458. The van der Waals surface area contributed by atoms with Crippen molar-refractivity contribution in [3.8, 4) is 0 Å². The number of aryl methyl sites for hydroxylation is 2. The van der Waals surface area contributed by atoms with Gasteiger partial charge in [-0.15, -0.1) is 0 Å². The zero-order valence-electron chi connectivity index (χ0n) is 19.5. The van der Waals surface area contributed by atoms with Crippen LogP contribution in [0.15, 0.2) is 23.0 Å². The zero-order valence-corrected chi connectivity index (χ0v) is 19.5. The smallest absolute Gasteiger partial charge is 0.346 e. The van der Waals surface area contributed by atoms with Gasteiger partial charge in [0, 0.05) is 30.2 Å². The molecule has 0 spiro atoms. The molecule has 0 aliphatic carbocycles. The number of rotatable bonds is 8. The number of ether oxygens (including phenoxy) is 1. The summed E-state index contributed by atoms with van der Waals surface area (Å²) in [5.41, 5.74) is 1.38. The molecule has 0 amide bonds. The molecule has 1 N–H and O–H groups in total. The molecular formula is C24H35FN4O3. The first-order valence-corrected chi connectivity index (χ1v) is 11.7. The predicted molar refractivity (Wildman–Crippen MR) is 120 cm³/mol. The van der Waals surface area contributed by atoms with Crippen molar-refractivity contribution < 1.29 is 14.2 Å². The number of piperidine rings is 1. The molecule has 176 valence electrons. The SMILES string of the molecule is Cc1cccc(F)c1COC1CC2CCC(C1)N2CC(O)Cn1nc(C)n(C(C)C)c1=O. The first-order chi connectivity index (χ1) is 15.2. The maximum atomic E-state index is 14.1. The van der Waals surface area contributed by atoms with E-state index in [2.05, 4.69) is 10.00 Å². The van der Waals surface area contributed by atoms with Gasteiger partial charge in [0.1, 0.15) is 11.6 Å². The highest BCUT2D eigenvalue weighted by Gasteiger charge is 2.41. The average Bonchev–Trinajstić information content (AvgIpc) is 3.11. The van der Waals surface area contributed by atoms with Crippen LogP contribution in [0.1, 0.15) is 62.5 Å². The lowest BCUT2D eigenvalue weighted by Crippen LogP contribution is -2.49. The summed E-state index contributed by atoms with van der Waals surface area (Å²) in [6, 6.07) is 5.85. The van der Waals surface area contributed by atoms with Crippen molar-refractivity contribution >= 4 is 0 Å². The number of aliphatic hydroxyl groups is 1. The Kier molecular flexibility index (Phi) is 6.83. The molecule has 7 nitrogen and oxygen atoms in total. The minimum Gasteiger partial charge on any atom is -0.390 e. The summed E-state index contributed by atoms with van der Waals surface area (Å²) < 4.78 is 23.3. The van der Waals surface area contributed by atoms with Gasteiger partial charge in [0.05, 0.1) is 25.4 Å².